The zero-order chi connectivity index (χ0) is 9.97. The molecule has 2 atom stereocenters. The lowest BCUT2D eigenvalue weighted by molar-refractivity contribution is 0.454. The van der Waals surface area contributed by atoms with Gasteiger partial charge in [-0.25, -0.2) is 9.97 Å². The van der Waals surface area contributed by atoms with E-state index in [-0.39, 0.29) is 0 Å². The van der Waals surface area contributed by atoms with Gasteiger partial charge in [0.2, 0.25) is 0 Å². The number of alkyl halides is 1. The van der Waals surface area contributed by atoms with Gasteiger partial charge in [-0.1, -0.05) is 22.9 Å². The number of anilines is 1. The molecule has 2 heterocycles. The largest absolute Gasteiger partial charge is 0.355 e. The summed E-state index contributed by atoms with van der Waals surface area (Å²) in [5.41, 5.74) is 0. The highest BCUT2D eigenvalue weighted by atomic mass is 79.9. The van der Waals surface area contributed by atoms with Crippen molar-refractivity contribution < 1.29 is 0 Å². The fourth-order valence-corrected chi connectivity index (χ4v) is 2.31. The van der Waals surface area contributed by atoms with E-state index in [1.165, 1.54) is 6.42 Å². The van der Waals surface area contributed by atoms with Gasteiger partial charge in [-0.3, -0.25) is 0 Å². The minimum Gasteiger partial charge on any atom is -0.355 e. The van der Waals surface area contributed by atoms with Gasteiger partial charge in [-0.2, -0.15) is 0 Å². The van der Waals surface area contributed by atoms with Crippen LogP contribution >= 0.6 is 15.9 Å². The second-order valence-electron chi connectivity index (χ2n) is 3.80. The Balaban J connectivity index is 2.07. The van der Waals surface area contributed by atoms with Crippen molar-refractivity contribution in [1.29, 1.82) is 0 Å². The summed E-state index contributed by atoms with van der Waals surface area (Å²) in [7, 11) is 0. The zero-order valence-corrected chi connectivity index (χ0v) is 9.81. The van der Waals surface area contributed by atoms with Crippen LogP contribution in [0.2, 0.25) is 0 Å². The van der Waals surface area contributed by atoms with Crippen molar-refractivity contribution in [3.63, 3.8) is 0 Å². The molecular formula is C10H14BrN3. The number of nitrogens with zero attached hydrogens (tertiary/aromatic N) is 3. The summed E-state index contributed by atoms with van der Waals surface area (Å²) >= 11 is 3.71. The van der Waals surface area contributed by atoms with E-state index in [4.69, 9.17) is 0 Å². The van der Waals surface area contributed by atoms with Crippen LogP contribution in [0.3, 0.4) is 0 Å². The summed E-state index contributed by atoms with van der Waals surface area (Å²) in [6.07, 6.45) is 4.63. The van der Waals surface area contributed by atoms with Crippen LogP contribution < -0.4 is 4.90 Å². The first-order valence-electron chi connectivity index (χ1n) is 4.92. The van der Waals surface area contributed by atoms with Crippen LogP contribution in [0.5, 0.6) is 0 Å². The highest BCUT2D eigenvalue weighted by Gasteiger charge is 2.24. The van der Waals surface area contributed by atoms with Crippen molar-refractivity contribution in [2.75, 3.05) is 18.0 Å². The molecule has 0 radical (unpaired) electrons. The van der Waals surface area contributed by atoms with E-state index in [0.29, 0.717) is 4.83 Å². The van der Waals surface area contributed by atoms with Crippen LogP contribution in [0, 0.1) is 5.92 Å². The molecule has 2 unspecified atom stereocenters. The number of aromatic nitrogens is 2. The van der Waals surface area contributed by atoms with E-state index in [2.05, 4.69) is 37.7 Å². The summed E-state index contributed by atoms with van der Waals surface area (Å²) in [5.74, 6) is 1.80. The van der Waals surface area contributed by atoms with Crippen LogP contribution in [0.15, 0.2) is 18.6 Å². The first-order chi connectivity index (χ1) is 6.77. The smallest absolute Gasteiger partial charge is 0.131 e. The van der Waals surface area contributed by atoms with Crippen molar-refractivity contribution in [3.8, 4) is 0 Å². The fourth-order valence-electron chi connectivity index (χ4n) is 1.70. The molecular weight excluding hydrogens is 242 g/mol. The highest BCUT2D eigenvalue weighted by molar-refractivity contribution is 9.09. The lowest BCUT2D eigenvalue weighted by Gasteiger charge is -2.34. The second-order valence-corrected chi connectivity index (χ2v) is 4.97. The average Bonchev–Trinajstić information content (AvgIpc) is 2.23. The summed E-state index contributed by atoms with van der Waals surface area (Å²) in [6.45, 7) is 4.43. The Bertz CT molecular complexity index is 291. The van der Waals surface area contributed by atoms with E-state index in [0.717, 1.165) is 24.8 Å². The molecule has 2 rings (SSSR count). The lowest BCUT2D eigenvalue weighted by Crippen LogP contribution is -2.40. The maximum absolute atomic E-state index is 4.26. The van der Waals surface area contributed by atoms with Crippen molar-refractivity contribution in [3.05, 3.63) is 18.6 Å². The van der Waals surface area contributed by atoms with E-state index < -0.39 is 0 Å². The second kappa shape index (κ2) is 4.26. The fraction of sp³-hybridized carbons (Fsp3) is 0.600. The maximum Gasteiger partial charge on any atom is 0.131 e. The molecule has 1 aromatic heterocycles. The van der Waals surface area contributed by atoms with Gasteiger partial charge >= 0.3 is 0 Å². The van der Waals surface area contributed by atoms with Crippen LogP contribution in [0.1, 0.15) is 13.3 Å². The van der Waals surface area contributed by atoms with Gasteiger partial charge in [-0.05, 0) is 18.4 Å². The number of hydrogen-bond acceptors (Lipinski definition) is 3. The number of rotatable bonds is 1. The monoisotopic (exact) mass is 255 g/mol. The molecule has 3 nitrogen and oxygen atoms in total. The van der Waals surface area contributed by atoms with Gasteiger partial charge in [0, 0.05) is 24.1 Å². The molecule has 0 N–H and O–H groups in total. The van der Waals surface area contributed by atoms with Gasteiger partial charge in [0.15, 0.2) is 0 Å². The molecule has 4 heteroatoms. The summed E-state index contributed by atoms with van der Waals surface area (Å²) in [4.78, 5) is 11.1. The van der Waals surface area contributed by atoms with Gasteiger partial charge in [0.05, 0.1) is 0 Å². The molecule has 14 heavy (non-hydrogen) atoms. The summed E-state index contributed by atoms with van der Waals surface area (Å²) in [5, 5.41) is 0. The van der Waals surface area contributed by atoms with Gasteiger partial charge < -0.3 is 4.90 Å². The number of hydrogen-bond donors (Lipinski definition) is 0. The molecule has 0 aliphatic carbocycles. The molecule has 1 aliphatic heterocycles. The SMILES string of the molecule is CC1CCN(c2ccncn2)CC1Br. The van der Waals surface area contributed by atoms with E-state index in [1.54, 1.807) is 12.5 Å². The molecule has 0 bridgehead atoms. The average molecular weight is 256 g/mol. The van der Waals surface area contributed by atoms with E-state index >= 15 is 0 Å². The number of halogens is 1. The van der Waals surface area contributed by atoms with Crippen LogP contribution in [-0.2, 0) is 0 Å². The third kappa shape index (κ3) is 2.05. The molecule has 0 saturated carbocycles. The summed E-state index contributed by atoms with van der Waals surface area (Å²) < 4.78 is 0. The Kier molecular flexibility index (Phi) is 3.01. The van der Waals surface area contributed by atoms with Gasteiger partial charge in [0.25, 0.3) is 0 Å². The van der Waals surface area contributed by atoms with Crippen molar-refractivity contribution in [1.82, 2.24) is 9.97 Å². The first kappa shape index (κ1) is 9.90. The van der Waals surface area contributed by atoms with Gasteiger partial charge in [-0.15, -0.1) is 0 Å². The third-order valence-electron chi connectivity index (χ3n) is 2.76. The van der Waals surface area contributed by atoms with Crippen LogP contribution in [0.25, 0.3) is 0 Å². The third-order valence-corrected chi connectivity index (χ3v) is 3.95. The first-order valence-corrected chi connectivity index (χ1v) is 5.84. The summed E-state index contributed by atoms with van der Waals surface area (Å²) in [6, 6.07) is 1.97. The van der Waals surface area contributed by atoms with Crippen LogP contribution in [-0.4, -0.2) is 27.9 Å². The maximum atomic E-state index is 4.26. The molecule has 76 valence electrons. The molecule has 1 saturated heterocycles. The Morgan fingerprint density at radius 1 is 1.57 bits per heavy atom. The molecule has 0 aromatic carbocycles. The minimum absolute atomic E-state index is 0.575. The molecule has 1 aromatic rings. The van der Waals surface area contributed by atoms with Crippen molar-refractivity contribution >= 4 is 21.7 Å². The Morgan fingerprint density at radius 2 is 2.43 bits per heavy atom. The van der Waals surface area contributed by atoms with Crippen molar-refractivity contribution in [2.45, 2.75) is 18.2 Å². The molecule has 1 aliphatic rings. The van der Waals surface area contributed by atoms with Crippen molar-refractivity contribution in [2.24, 2.45) is 5.92 Å². The Hall–Kier alpha value is -0.640. The quantitative estimate of drug-likeness (QED) is 0.720. The van der Waals surface area contributed by atoms with E-state index in [1.807, 2.05) is 6.07 Å². The molecule has 1 fully saturated rings. The standard InChI is InChI=1S/C10H14BrN3/c1-8-3-5-14(6-9(8)11)10-2-4-12-7-13-10/h2,4,7-9H,3,5-6H2,1H3. The number of piperidine rings is 1. The van der Waals surface area contributed by atoms with Gasteiger partial charge in [0.1, 0.15) is 12.1 Å². The normalized spacial score (nSPS) is 27.7. The van der Waals surface area contributed by atoms with E-state index in [9.17, 15) is 0 Å². The van der Waals surface area contributed by atoms with Crippen LogP contribution in [0.4, 0.5) is 5.82 Å². The highest BCUT2D eigenvalue weighted by Crippen LogP contribution is 2.25. The Morgan fingerprint density at radius 3 is 3.07 bits per heavy atom. The minimum atomic E-state index is 0.575. The Labute approximate surface area is 92.7 Å². The molecule has 0 spiro atoms. The zero-order valence-electron chi connectivity index (χ0n) is 8.23. The molecule has 0 amide bonds. The lowest BCUT2D eigenvalue weighted by atomic mass is 9.99. The topological polar surface area (TPSA) is 29.0 Å². The predicted octanol–water partition coefficient (Wildman–Crippen LogP) is 2.09. The predicted molar refractivity (Wildman–Crippen MR) is 60.7 cm³/mol.